The Bertz CT molecular complexity index is 468. The zero-order chi connectivity index (χ0) is 13.4. The predicted molar refractivity (Wildman–Crippen MR) is 80.7 cm³/mol. The van der Waals surface area contributed by atoms with Gasteiger partial charge in [0.15, 0.2) is 0 Å². The van der Waals surface area contributed by atoms with Gasteiger partial charge in [-0.25, -0.2) is 4.79 Å². The van der Waals surface area contributed by atoms with E-state index in [1.54, 1.807) is 0 Å². The molecule has 2 rings (SSSR count). The lowest BCUT2D eigenvalue weighted by atomic mass is 10.2. The summed E-state index contributed by atoms with van der Waals surface area (Å²) in [5.74, 6) is 0. The molecule has 0 fully saturated rings. The third-order valence-corrected chi connectivity index (χ3v) is 3.92. The van der Waals surface area contributed by atoms with Crippen LogP contribution < -0.4 is 8.85 Å². The summed E-state index contributed by atoms with van der Waals surface area (Å²) in [5.41, 5.74) is 2.67. The van der Waals surface area contributed by atoms with Crippen LogP contribution in [0, 0.1) is 13.8 Å². The van der Waals surface area contributed by atoms with Gasteiger partial charge in [0.05, 0.1) is 0 Å². The first-order chi connectivity index (χ1) is 8.65. The second kappa shape index (κ2) is 7.98. The van der Waals surface area contributed by atoms with Crippen LogP contribution in [0.1, 0.15) is 11.1 Å². The molecule has 0 aromatic heterocycles. The molecular weight excluding hydrogens is 255 g/mol. The number of hydrogen-bond donors (Lipinski definition) is 0. The summed E-state index contributed by atoms with van der Waals surface area (Å²) in [6.45, 7) is 4.26. The Kier molecular flexibility index (Phi) is 6.57. The smallest absolute Gasteiger partial charge is 0.220 e. The van der Waals surface area contributed by atoms with Gasteiger partial charge in [0, 0.05) is 12.2 Å². The SMILES string of the molecule is Cc1cc[c]([Al][c]2ccc(C)cc2)cc1.O=C=S. The van der Waals surface area contributed by atoms with Crippen molar-refractivity contribution in [3.63, 3.8) is 0 Å². The summed E-state index contributed by atoms with van der Waals surface area (Å²) in [4.78, 5) is 8.50. The monoisotopic (exact) mass is 269 g/mol. The molecule has 18 heavy (non-hydrogen) atoms. The summed E-state index contributed by atoms with van der Waals surface area (Å²) in [5, 5.41) is 1.08. The molecule has 2 aromatic rings. The van der Waals surface area contributed by atoms with Gasteiger partial charge in [0.1, 0.15) is 0 Å². The minimum Gasteiger partial charge on any atom is -0.220 e. The van der Waals surface area contributed by atoms with E-state index in [-0.39, 0.29) is 15.2 Å². The molecule has 0 aliphatic rings. The van der Waals surface area contributed by atoms with Crippen molar-refractivity contribution in [3.05, 3.63) is 59.7 Å². The molecule has 1 radical (unpaired) electrons. The topological polar surface area (TPSA) is 17.1 Å². The number of hydrogen-bond acceptors (Lipinski definition) is 2. The zero-order valence-electron chi connectivity index (χ0n) is 10.5. The van der Waals surface area contributed by atoms with E-state index in [9.17, 15) is 0 Å². The molecule has 0 spiro atoms. The fraction of sp³-hybridized carbons (Fsp3) is 0.133. The first-order valence-corrected chi connectivity index (χ1v) is 7.19. The molecule has 3 heteroatoms. The maximum Gasteiger partial charge on any atom is 0.298 e. The molecule has 0 amide bonds. The minimum absolute atomic E-state index is 0.252. The first kappa shape index (κ1) is 14.8. The van der Waals surface area contributed by atoms with Gasteiger partial charge < -0.3 is 0 Å². The van der Waals surface area contributed by atoms with Crippen LogP contribution in [-0.4, -0.2) is 20.5 Å². The molecule has 0 unspecified atom stereocenters. The van der Waals surface area contributed by atoms with Gasteiger partial charge in [-0.2, -0.15) is 0 Å². The van der Waals surface area contributed by atoms with Gasteiger partial charge >= 0.3 is 0 Å². The van der Waals surface area contributed by atoms with Crippen molar-refractivity contribution in [1.29, 1.82) is 0 Å². The number of aryl methyl sites for hydroxylation is 2. The van der Waals surface area contributed by atoms with E-state index < -0.39 is 0 Å². The summed E-state index contributed by atoms with van der Waals surface area (Å²) < 4.78 is 2.92. The van der Waals surface area contributed by atoms with Gasteiger partial charge in [-0.3, -0.25) is 0 Å². The van der Waals surface area contributed by atoms with Crippen molar-refractivity contribution in [1.82, 2.24) is 0 Å². The van der Waals surface area contributed by atoms with Crippen LogP contribution in [0.15, 0.2) is 48.5 Å². The highest BCUT2D eigenvalue weighted by Gasteiger charge is 1.98. The van der Waals surface area contributed by atoms with E-state index in [1.807, 2.05) is 0 Å². The van der Waals surface area contributed by atoms with Gasteiger partial charge in [-0.1, -0.05) is 59.7 Å². The van der Waals surface area contributed by atoms with Gasteiger partial charge in [0.2, 0.25) is 5.23 Å². The van der Waals surface area contributed by atoms with Gasteiger partial charge in [-0.05, 0) is 13.8 Å². The fourth-order valence-electron chi connectivity index (χ4n) is 1.52. The number of thiocarbonyl (C=S) groups is 1. The molecule has 0 heterocycles. The quantitative estimate of drug-likeness (QED) is 0.614. The molecule has 0 aliphatic carbocycles. The summed E-state index contributed by atoms with van der Waals surface area (Å²) in [6, 6.07) is 17.7. The standard InChI is InChI=1S/2C7H7.COS.Al/c2*1-7-5-3-2-4-6-7;2-1-3;/h2*3-6H,1H3;;. The highest BCUT2D eigenvalue weighted by Crippen LogP contribution is 1.94. The van der Waals surface area contributed by atoms with Crippen molar-refractivity contribution in [2.24, 2.45) is 0 Å². The Balaban J connectivity index is 0.000000492. The first-order valence-electron chi connectivity index (χ1n) is 5.63. The number of rotatable bonds is 2. The average Bonchev–Trinajstić information content (AvgIpc) is 2.36. The van der Waals surface area contributed by atoms with Crippen molar-refractivity contribution in [3.8, 4) is 0 Å². The largest absolute Gasteiger partial charge is 0.298 e. The Morgan fingerprint density at radius 3 is 1.39 bits per heavy atom. The lowest BCUT2D eigenvalue weighted by molar-refractivity contribution is 0.572. The molecule has 2 aromatic carbocycles. The Labute approximate surface area is 120 Å². The molecule has 0 saturated carbocycles. The van der Waals surface area contributed by atoms with Crippen LogP contribution in [0.5, 0.6) is 0 Å². The second-order valence-corrected chi connectivity index (χ2v) is 5.84. The van der Waals surface area contributed by atoms with Gasteiger partial charge in [-0.15, -0.1) is 8.85 Å². The Hall–Kier alpha value is -1.23. The second-order valence-electron chi connectivity index (χ2n) is 4.05. The highest BCUT2D eigenvalue weighted by atomic mass is 32.1. The van der Waals surface area contributed by atoms with E-state index in [0.29, 0.717) is 0 Å². The van der Waals surface area contributed by atoms with Crippen LogP contribution >= 0.6 is 12.2 Å². The van der Waals surface area contributed by atoms with Crippen LogP contribution in [0.25, 0.3) is 0 Å². The maximum atomic E-state index is 8.50. The van der Waals surface area contributed by atoms with E-state index in [1.165, 1.54) is 20.0 Å². The van der Waals surface area contributed by atoms with Crippen LogP contribution in [0.2, 0.25) is 0 Å². The van der Waals surface area contributed by atoms with E-state index in [4.69, 9.17) is 4.79 Å². The van der Waals surface area contributed by atoms with Crippen molar-refractivity contribution >= 4 is 41.5 Å². The molecule has 0 atom stereocenters. The molecule has 0 aliphatic heterocycles. The van der Waals surface area contributed by atoms with E-state index in [2.05, 4.69) is 74.6 Å². The lowest BCUT2D eigenvalue weighted by Crippen LogP contribution is -2.26. The van der Waals surface area contributed by atoms with Crippen LogP contribution in [0.4, 0.5) is 0 Å². The third kappa shape index (κ3) is 5.40. The van der Waals surface area contributed by atoms with Crippen LogP contribution in [-0.2, 0) is 4.79 Å². The third-order valence-electron chi connectivity index (χ3n) is 2.49. The molecule has 1 nitrogen and oxygen atoms in total. The minimum atomic E-state index is 0.252. The average molecular weight is 269 g/mol. The molecule has 0 saturated heterocycles. The normalized spacial score (nSPS) is 8.78. The van der Waals surface area contributed by atoms with Gasteiger partial charge in [0.25, 0.3) is 15.2 Å². The van der Waals surface area contributed by atoms with Crippen molar-refractivity contribution in [2.45, 2.75) is 13.8 Å². The molecule has 0 N–H and O–H groups in total. The van der Waals surface area contributed by atoms with Crippen LogP contribution in [0.3, 0.4) is 0 Å². The Morgan fingerprint density at radius 2 is 1.11 bits per heavy atom. The van der Waals surface area contributed by atoms with Crippen molar-refractivity contribution in [2.75, 3.05) is 0 Å². The number of benzene rings is 2. The molecule has 0 bridgehead atoms. The maximum absolute atomic E-state index is 8.50. The van der Waals surface area contributed by atoms with E-state index >= 15 is 0 Å². The predicted octanol–water partition coefficient (Wildman–Crippen LogP) is 2.21. The lowest BCUT2D eigenvalue weighted by Gasteiger charge is -2.01. The van der Waals surface area contributed by atoms with E-state index in [0.717, 1.165) is 5.23 Å². The van der Waals surface area contributed by atoms with Crippen molar-refractivity contribution < 1.29 is 4.79 Å². The number of carbonyl (C=O) groups excluding carboxylic acids is 1. The summed E-state index contributed by atoms with van der Waals surface area (Å²) in [7, 11) is 0. The molecule has 89 valence electrons. The Morgan fingerprint density at radius 1 is 0.833 bits per heavy atom. The summed E-state index contributed by atoms with van der Waals surface area (Å²) >= 11 is 3.84. The summed E-state index contributed by atoms with van der Waals surface area (Å²) in [6.07, 6.45) is 0. The highest BCUT2D eigenvalue weighted by molar-refractivity contribution is 7.78. The zero-order valence-corrected chi connectivity index (χ0v) is 12.5. The fourth-order valence-corrected chi connectivity index (χ4v) is 2.67. The molecular formula is C15H14AlOS.